The molecule has 1 amide bonds. The zero-order valence-corrected chi connectivity index (χ0v) is 12.4. The van der Waals surface area contributed by atoms with Gasteiger partial charge in [0.05, 0.1) is 0 Å². The normalized spacial score (nSPS) is 24.3. The Kier molecular flexibility index (Phi) is 4.81. The quantitative estimate of drug-likeness (QED) is 0.817. The Bertz CT molecular complexity index is 419. The number of carbonyl (C=O) groups excluding carboxylic acids is 1. The Morgan fingerprint density at radius 3 is 2.83 bits per heavy atom. The van der Waals surface area contributed by atoms with Crippen molar-refractivity contribution in [1.82, 2.24) is 5.32 Å². The lowest BCUT2D eigenvalue weighted by atomic mass is 9.96. The first-order chi connectivity index (χ1) is 8.66. The van der Waals surface area contributed by atoms with E-state index >= 15 is 0 Å². The first kappa shape index (κ1) is 13.6. The second-order valence-corrected chi connectivity index (χ2v) is 6.12. The van der Waals surface area contributed by atoms with Gasteiger partial charge in [-0.2, -0.15) is 0 Å². The molecule has 0 heterocycles. The Hall–Kier alpha value is -0.830. The molecule has 2 unspecified atom stereocenters. The van der Waals surface area contributed by atoms with E-state index in [0.29, 0.717) is 12.0 Å². The van der Waals surface area contributed by atoms with Crippen LogP contribution in [0.1, 0.15) is 49.4 Å². The zero-order chi connectivity index (χ0) is 13.0. The summed E-state index contributed by atoms with van der Waals surface area (Å²) in [5.74, 6) is 0.638. The molecule has 1 aromatic rings. The van der Waals surface area contributed by atoms with Crippen LogP contribution in [-0.2, 0) is 0 Å². The van der Waals surface area contributed by atoms with Gasteiger partial charge in [0, 0.05) is 16.1 Å². The minimum Gasteiger partial charge on any atom is -0.349 e. The monoisotopic (exact) mass is 309 g/mol. The summed E-state index contributed by atoms with van der Waals surface area (Å²) < 4.78 is 0.948. The van der Waals surface area contributed by atoms with Gasteiger partial charge in [-0.05, 0) is 37.0 Å². The van der Waals surface area contributed by atoms with Crippen LogP contribution < -0.4 is 5.32 Å². The van der Waals surface area contributed by atoms with E-state index in [2.05, 4.69) is 28.2 Å². The van der Waals surface area contributed by atoms with E-state index in [1.807, 2.05) is 24.3 Å². The van der Waals surface area contributed by atoms with Crippen LogP contribution in [0.3, 0.4) is 0 Å². The summed E-state index contributed by atoms with van der Waals surface area (Å²) in [6, 6.07) is 7.90. The average molecular weight is 310 g/mol. The Morgan fingerprint density at radius 1 is 1.28 bits per heavy atom. The largest absolute Gasteiger partial charge is 0.349 e. The van der Waals surface area contributed by atoms with Crippen LogP contribution in [0.15, 0.2) is 28.7 Å². The van der Waals surface area contributed by atoms with Crippen LogP contribution in [0.2, 0.25) is 0 Å². The smallest absolute Gasteiger partial charge is 0.251 e. The van der Waals surface area contributed by atoms with E-state index in [0.717, 1.165) is 16.5 Å². The summed E-state index contributed by atoms with van der Waals surface area (Å²) in [6.45, 7) is 2.25. The highest BCUT2D eigenvalue weighted by Crippen LogP contribution is 2.23. The maximum absolute atomic E-state index is 12.2. The van der Waals surface area contributed by atoms with Crippen LogP contribution in [0.5, 0.6) is 0 Å². The van der Waals surface area contributed by atoms with Gasteiger partial charge in [-0.15, -0.1) is 0 Å². The highest BCUT2D eigenvalue weighted by atomic mass is 79.9. The topological polar surface area (TPSA) is 29.1 Å². The summed E-state index contributed by atoms with van der Waals surface area (Å²) in [5, 5.41) is 3.19. The van der Waals surface area contributed by atoms with Crippen LogP contribution in [0, 0.1) is 5.92 Å². The summed E-state index contributed by atoms with van der Waals surface area (Å²) in [7, 11) is 0. The number of carbonyl (C=O) groups is 1. The van der Waals surface area contributed by atoms with Crippen molar-refractivity contribution in [3.05, 3.63) is 34.3 Å². The maximum Gasteiger partial charge on any atom is 0.251 e. The van der Waals surface area contributed by atoms with Gasteiger partial charge in [-0.1, -0.05) is 48.2 Å². The van der Waals surface area contributed by atoms with Crippen molar-refractivity contribution in [3.63, 3.8) is 0 Å². The minimum atomic E-state index is 0.0510. The Balaban J connectivity index is 2.01. The van der Waals surface area contributed by atoms with Crippen LogP contribution in [0.25, 0.3) is 0 Å². The second kappa shape index (κ2) is 6.37. The van der Waals surface area contributed by atoms with Crippen molar-refractivity contribution in [1.29, 1.82) is 0 Å². The molecule has 2 nitrogen and oxygen atoms in total. The Morgan fingerprint density at radius 2 is 2.06 bits per heavy atom. The standard InChI is InChI=1S/C15H20BrNO/c1-11-6-3-2-4-9-14(11)17-15(18)12-7-5-8-13(16)10-12/h5,7-8,10-11,14H,2-4,6,9H2,1H3,(H,17,18). The molecule has 0 bridgehead atoms. The predicted octanol–water partition coefficient (Wildman–Crippen LogP) is 4.15. The first-order valence-electron chi connectivity index (χ1n) is 6.73. The van der Waals surface area contributed by atoms with Gasteiger partial charge >= 0.3 is 0 Å². The lowest BCUT2D eigenvalue weighted by molar-refractivity contribution is 0.0921. The first-order valence-corrected chi connectivity index (χ1v) is 7.52. The van der Waals surface area contributed by atoms with Crippen molar-refractivity contribution < 1.29 is 4.79 Å². The van der Waals surface area contributed by atoms with E-state index in [4.69, 9.17) is 0 Å². The molecule has 1 N–H and O–H groups in total. The van der Waals surface area contributed by atoms with Gasteiger partial charge in [0.15, 0.2) is 0 Å². The van der Waals surface area contributed by atoms with Gasteiger partial charge < -0.3 is 5.32 Å². The van der Waals surface area contributed by atoms with Crippen molar-refractivity contribution in [3.8, 4) is 0 Å². The molecule has 3 heteroatoms. The van der Waals surface area contributed by atoms with Gasteiger partial charge in [0.25, 0.3) is 5.91 Å². The van der Waals surface area contributed by atoms with E-state index in [1.165, 1.54) is 25.7 Å². The third kappa shape index (κ3) is 3.58. The molecular formula is C15H20BrNO. The van der Waals surface area contributed by atoms with Gasteiger partial charge in [0.2, 0.25) is 0 Å². The second-order valence-electron chi connectivity index (χ2n) is 5.21. The summed E-state index contributed by atoms with van der Waals surface area (Å²) in [6.07, 6.45) is 6.16. The van der Waals surface area contributed by atoms with Gasteiger partial charge in [-0.25, -0.2) is 0 Å². The molecular weight excluding hydrogens is 290 g/mol. The van der Waals surface area contributed by atoms with E-state index in [-0.39, 0.29) is 5.91 Å². The molecule has 1 aliphatic carbocycles. The lowest BCUT2D eigenvalue weighted by Gasteiger charge is -2.22. The van der Waals surface area contributed by atoms with Crippen molar-refractivity contribution >= 4 is 21.8 Å². The van der Waals surface area contributed by atoms with Crippen LogP contribution in [-0.4, -0.2) is 11.9 Å². The highest BCUT2D eigenvalue weighted by molar-refractivity contribution is 9.10. The molecule has 1 aliphatic rings. The molecule has 18 heavy (non-hydrogen) atoms. The maximum atomic E-state index is 12.2. The molecule has 1 fully saturated rings. The third-order valence-electron chi connectivity index (χ3n) is 3.76. The molecule has 0 aliphatic heterocycles. The third-order valence-corrected chi connectivity index (χ3v) is 4.26. The van der Waals surface area contributed by atoms with E-state index in [9.17, 15) is 4.79 Å². The number of nitrogens with one attached hydrogen (secondary N) is 1. The van der Waals surface area contributed by atoms with Gasteiger partial charge in [0.1, 0.15) is 0 Å². The molecule has 2 atom stereocenters. The summed E-state index contributed by atoms with van der Waals surface area (Å²) >= 11 is 3.40. The summed E-state index contributed by atoms with van der Waals surface area (Å²) in [4.78, 5) is 12.2. The molecule has 1 aromatic carbocycles. The molecule has 98 valence electrons. The number of hydrogen-bond acceptors (Lipinski definition) is 1. The molecule has 0 aromatic heterocycles. The number of benzene rings is 1. The predicted molar refractivity (Wildman–Crippen MR) is 77.6 cm³/mol. The average Bonchev–Trinajstić information content (AvgIpc) is 2.55. The fourth-order valence-electron chi connectivity index (χ4n) is 2.59. The fourth-order valence-corrected chi connectivity index (χ4v) is 2.99. The molecule has 2 rings (SSSR count). The number of rotatable bonds is 2. The van der Waals surface area contributed by atoms with Gasteiger partial charge in [-0.3, -0.25) is 4.79 Å². The van der Waals surface area contributed by atoms with Crippen LogP contribution >= 0.6 is 15.9 Å². The van der Waals surface area contributed by atoms with Crippen molar-refractivity contribution in [2.45, 2.75) is 45.1 Å². The molecule has 0 radical (unpaired) electrons. The molecule has 0 saturated heterocycles. The molecule has 1 saturated carbocycles. The SMILES string of the molecule is CC1CCCCCC1NC(=O)c1cccc(Br)c1. The van der Waals surface area contributed by atoms with Crippen molar-refractivity contribution in [2.24, 2.45) is 5.92 Å². The zero-order valence-electron chi connectivity index (χ0n) is 10.8. The number of amides is 1. The van der Waals surface area contributed by atoms with Crippen molar-refractivity contribution in [2.75, 3.05) is 0 Å². The molecule has 0 spiro atoms. The fraction of sp³-hybridized carbons (Fsp3) is 0.533. The van der Waals surface area contributed by atoms with E-state index < -0.39 is 0 Å². The van der Waals surface area contributed by atoms with E-state index in [1.54, 1.807) is 0 Å². The Labute approximate surface area is 117 Å². The highest BCUT2D eigenvalue weighted by Gasteiger charge is 2.21. The number of hydrogen-bond donors (Lipinski definition) is 1. The lowest BCUT2D eigenvalue weighted by Crippen LogP contribution is -2.38. The number of halogens is 1. The van der Waals surface area contributed by atoms with Crippen LogP contribution in [0.4, 0.5) is 0 Å². The minimum absolute atomic E-state index is 0.0510. The summed E-state index contributed by atoms with van der Waals surface area (Å²) in [5.41, 5.74) is 0.737.